The van der Waals surface area contributed by atoms with E-state index >= 15 is 0 Å². The number of benzene rings is 2. The molecular weight excluding hydrogens is 368 g/mol. The van der Waals surface area contributed by atoms with Gasteiger partial charge in [0.2, 0.25) is 0 Å². The van der Waals surface area contributed by atoms with E-state index < -0.39 is 18.5 Å². The zero-order valence-corrected chi connectivity index (χ0v) is 17.4. The second-order valence-electron chi connectivity index (χ2n) is 8.04. The van der Waals surface area contributed by atoms with E-state index in [-0.39, 0.29) is 16.5 Å². The van der Waals surface area contributed by atoms with Gasteiger partial charge in [-0.05, 0) is 37.3 Å². The fourth-order valence-electron chi connectivity index (χ4n) is 2.60. The summed E-state index contributed by atoms with van der Waals surface area (Å²) in [4.78, 5) is 0. The van der Waals surface area contributed by atoms with Gasteiger partial charge in [0.25, 0.3) is 12.9 Å². The standard InChI is InChI=1S/C12H16F2O.C11H14F2/c1-4-15-12(2,3)10-7-5-9(6-8-10)11(13)14;1-11(2,3)9-6-4-8(5-7-9)10(12)13/h5-8,11H,4H2,1-3H3;4-7,10H,1-3H3. The molecule has 0 radical (unpaired) electrons. The molecule has 0 unspecified atom stereocenters. The molecule has 0 bridgehead atoms. The van der Waals surface area contributed by atoms with Crippen LogP contribution in [0.25, 0.3) is 0 Å². The molecule has 0 saturated heterocycles. The van der Waals surface area contributed by atoms with Crippen LogP contribution in [-0.4, -0.2) is 6.61 Å². The average molecular weight is 398 g/mol. The molecule has 0 aliphatic carbocycles. The summed E-state index contributed by atoms with van der Waals surface area (Å²) in [5, 5.41) is 0. The summed E-state index contributed by atoms with van der Waals surface area (Å²) < 4.78 is 54.5. The van der Waals surface area contributed by atoms with Crippen LogP contribution in [0.5, 0.6) is 0 Å². The lowest BCUT2D eigenvalue weighted by atomic mass is 9.87. The summed E-state index contributed by atoms with van der Waals surface area (Å²) in [7, 11) is 0. The van der Waals surface area contributed by atoms with Gasteiger partial charge in [-0.2, -0.15) is 0 Å². The first kappa shape index (κ1) is 24.2. The second kappa shape index (κ2) is 10.1. The highest BCUT2D eigenvalue weighted by molar-refractivity contribution is 5.28. The molecule has 2 rings (SSSR count). The van der Waals surface area contributed by atoms with Crippen molar-refractivity contribution in [3.63, 3.8) is 0 Å². The van der Waals surface area contributed by atoms with E-state index in [0.29, 0.717) is 6.61 Å². The number of ether oxygens (including phenoxy) is 1. The molecule has 0 heterocycles. The maximum Gasteiger partial charge on any atom is 0.263 e. The molecule has 2 aromatic carbocycles. The highest BCUT2D eigenvalue weighted by Gasteiger charge is 2.20. The normalized spacial score (nSPS) is 12.1. The molecule has 5 heteroatoms. The summed E-state index contributed by atoms with van der Waals surface area (Å²) >= 11 is 0. The number of hydrogen-bond acceptors (Lipinski definition) is 1. The van der Waals surface area contributed by atoms with Crippen LogP contribution in [-0.2, 0) is 15.8 Å². The first-order chi connectivity index (χ1) is 12.9. The molecule has 0 N–H and O–H groups in total. The van der Waals surface area contributed by atoms with Gasteiger partial charge >= 0.3 is 0 Å². The predicted molar refractivity (Wildman–Crippen MR) is 106 cm³/mol. The Bertz CT molecular complexity index is 699. The van der Waals surface area contributed by atoms with Crippen molar-refractivity contribution in [1.82, 2.24) is 0 Å². The van der Waals surface area contributed by atoms with Crippen molar-refractivity contribution >= 4 is 0 Å². The third-order valence-corrected chi connectivity index (χ3v) is 4.39. The fourth-order valence-corrected chi connectivity index (χ4v) is 2.60. The van der Waals surface area contributed by atoms with Crippen LogP contribution in [0, 0.1) is 0 Å². The zero-order chi connectivity index (χ0) is 21.5. The van der Waals surface area contributed by atoms with Crippen molar-refractivity contribution in [2.75, 3.05) is 6.61 Å². The Hall–Kier alpha value is -1.88. The third kappa shape index (κ3) is 7.27. The Kier molecular flexibility index (Phi) is 8.68. The lowest BCUT2D eigenvalue weighted by Crippen LogP contribution is -2.21. The Morgan fingerprint density at radius 2 is 1.04 bits per heavy atom. The number of halogens is 4. The predicted octanol–water partition coefficient (Wildman–Crippen LogP) is 7.82. The number of hydrogen-bond donors (Lipinski definition) is 0. The van der Waals surface area contributed by atoms with Gasteiger partial charge in [0.05, 0.1) is 5.60 Å². The van der Waals surface area contributed by atoms with Crippen molar-refractivity contribution in [3.05, 3.63) is 70.8 Å². The van der Waals surface area contributed by atoms with Gasteiger partial charge in [0.1, 0.15) is 0 Å². The maximum absolute atomic E-state index is 12.3. The molecule has 0 fully saturated rings. The van der Waals surface area contributed by atoms with Crippen molar-refractivity contribution in [2.45, 2.75) is 65.4 Å². The van der Waals surface area contributed by atoms with E-state index in [2.05, 4.69) is 20.8 Å². The second-order valence-corrected chi connectivity index (χ2v) is 8.04. The Labute approximate surface area is 165 Å². The van der Waals surface area contributed by atoms with Gasteiger partial charge < -0.3 is 4.74 Å². The molecule has 0 saturated carbocycles. The highest BCUT2D eigenvalue weighted by Crippen LogP contribution is 2.27. The summed E-state index contributed by atoms with van der Waals surface area (Å²) in [6.45, 7) is 12.5. The van der Waals surface area contributed by atoms with Crippen molar-refractivity contribution < 1.29 is 22.3 Å². The van der Waals surface area contributed by atoms with Gasteiger partial charge in [-0.1, -0.05) is 69.3 Å². The molecule has 0 amide bonds. The minimum Gasteiger partial charge on any atom is -0.371 e. The maximum atomic E-state index is 12.3. The quantitative estimate of drug-likeness (QED) is 0.467. The Morgan fingerprint density at radius 1 is 0.679 bits per heavy atom. The van der Waals surface area contributed by atoms with E-state index in [1.807, 2.05) is 20.8 Å². The molecular formula is C23H30F4O. The van der Waals surface area contributed by atoms with E-state index in [0.717, 1.165) is 11.1 Å². The van der Waals surface area contributed by atoms with Gasteiger partial charge in [-0.3, -0.25) is 0 Å². The van der Waals surface area contributed by atoms with Crippen LogP contribution >= 0.6 is 0 Å². The summed E-state index contributed by atoms with van der Waals surface area (Å²) in [5.74, 6) is 0. The van der Waals surface area contributed by atoms with Crippen LogP contribution < -0.4 is 0 Å². The third-order valence-electron chi connectivity index (χ3n) is 4.39. The van der Waals surface area contributed by atoms with E-state index in [1.54, 1.807) is 24.3 Å². The molecule has 0 atom stereocenters. The summed E-state index contributed by atoms with van der Waals surface area (Å²) in [6.07, 6.45) is -4.77. The SMILES string of the molecule is CC(C)(C)c1ccc(C(F)F)cc1.CCOC(C)(C)c1ccc(C(F)F)cc1. The van der Waals surface area contributed by atoms with Crippen LogP contribution in [0.2, 0.25) is 0 Å². The minimum absolute atomic E-state index is 0.0284. The highest BCUT2D eigenvalue weighted by atomic mass is 19.3. The number of rotatable bonds is 5. The van der Waals surface area contributed by atoms with Crippen LogP contribution in [0.4, 0.5) is 17.6 Å². The van der Waals surface area contributed by atoms with Gasteiger partial charge in [-0.15, -0.1) is 0 Å². The van der Waals surface area contributed by atoms with Crippen LogP contribution in [0.15, 0.2) is 48.5 Å². The Morgan fingerprint density at radius 3 is 1.32 bits per heavy atom. The molecule has 2 aromatic rings. The van der Waals surface area contributed by atoms with Crippen LogP contribution in [0.3, 0.4) is 0 Å². The molecule has 28 heavy (non-hydrogen) atoms. The lowest BCUT2D eigenvalue weighted by molar-refractivity contribution is -0.0140. The van der Waals surface area contributed by atoms with Gasteiger partial charge in [0, 0.05) is 17.7 Å². The fraction of sp³-hybridized carbons (Fsp3) is 0.478. The molecule has 1 nitrogen and oxygen atoms in total. The molecule has 0 aliphatic rings. The monoisotopic (exact) mass is 398 g/mol. The molecule has 0 spiro atoms. The first-order valence-corrected chi connectivity index (χ1v) is 9.29. The van der Waals surface area contributed by atoms with Crippen LogP contribution in [0.1, 0.15) is 76.6 Å². The lowest BCUT2D eigenvalue weighted by Gasteiger charge is -2.25. The smallest absolute Gasteiger partial charge is 0.263 e. The minimum atomic E-state index is -2.41. The molecule has 156 valence electrons. The topological polar surface area (TPSA) is 9.23 Å². The van der Waals surface area contributed by atoms with E-state index in [1.165, 1.54) is 24.3 Å². The van der Waals surface area contributed by atoms with Gasteiger partial charge in [-0.25, -0.2) is 17.6 Å². The van der Waals surface area contributed by atoms with Gasteiger partial charge in [0.15, 0.2) is 0 Å². The van der Waals surface area contributed by atoms with Crippen molar-refractivity contribution in [2.24, 2.45) is 0 Å². The first-order valence-electron chi connectivity index (χ1n) is 9.29. The van der Waals surface area contributed by atoms with E-state index in [9.17, 15) is 17.6 Å². The largest absolute Gasteiger partial charge is 0.371 e. The van der Waals surface area contributed by atoms with Crippen molar-refractivity contribution in [1.29, 1.82) is 0 Å². The van der Waals surface area contributed by atoms with Crippen molar-refractivity contribution in [3.8, 4) is 0 Å². The zero-order valence-electron chi connectivity index (χ0n) is 17.4. The molecule has 0 aliphatic heterocycles. The molecule has 0 aromatic heterocycles. The van der Waals surface area contributed by atoms with E-state index in [4.69, 9.17) is 4.74 Å². The number of alkyl halides is 4. The Balaban J connectivity index is 0.000000283. The average Bonchev–Trinajstić information content (AvgIpc) is 2.61. The summed E-state index contributed by atoms with van der Waals surface area (Å²) in [6, 6.07) is 12.8. The summed E-state index contributed by atoms with van der Waals surface area (Å²) in [5.41, 5.74) is 1.74.